The van der Waals surface area contributed by atoms with E-state index in [2.05, 4.69) is 5.10 Å². The minimum Gasteiger partial charge on any atom is -0.298 e. The molecule has 3 nitrogen and oxygen atoms in total. The predicted molar refractivity (Wildman–Crippen MR) is 51.4 cm³/mol. The summed E-state index contributed by atoms with van der Waals surface area (Å²) in [5, 5.41) is 2.44. The van der Waals surface area contributed by atoms with Gasteiger partial charge in [-0.15, -0.1) is 0 Å². The van der Waals surface area contributed by atoms with Crippen LogP contribution in [0.3, 0.4) is 0 Å². The van der Waals surface area contributed by atoms with Crippen LogP contribution in [0.15, 0.2) is 41.3 Å². The fourth-order valence-electron chi connectivity index (χ4n) is 1.42. The normalized spacial score (nSPS) is 11.7. The quantitative estimate of drug-likeness (QED) is 0.798. The molecule has 0 atom stereocenters. The minimum absolute atomic E-state index is 0.204. The smallest absolute Gasteiger partial charge is 0.298 e. The third-order valence-corrected chi connectivity index (χ3v) is 2.10. The van der Waals surface area contributed by atoms with E-state index in [-0.39, 0.29) is 5.69 Å². The highest BCUT2D eigenvalue weighted by atomic mass is 19.4. The summed E-state index contributed by atoms with van der Waals surface area (Å²) in [5.41, 5.74) is -1.58. The first kappa shape index (κ1) is 10.5. The number of para-hydroxylation sites is 1. The van der Waals surface area contributed by atoms with Crippen LogP contribution < -0.4 is 5.56 Å². The number of alkyl halides is 3. The van der Waals surface area contributed by atoms with Gasteiger partial charge in [-0.2, -0.15) is 13.2 Å². The molecule has 0 bridgehead atoms. The molecular formula is C10H7F3N2O. The third kappa shape index (κ3) is 1.73. The van der Waals surface area contributed by atoms with E-state index in [0.29, 0.717) is 0 Å². The zero-order valence-electron chi connectivity index (χ0n) is 7.95. The molecule has 0 radical (unpaired) electrons. The predicted octanol–water partition coefficient (Wildman–Crippen LogP) is 2.18. The fourth-order valence-corrected chi connectivity index (χ4v) is 1.42. The molecule has 0 spiro atoms. The van der Waals surface area contributed by atoms with Crippen LogP contribution in [0.2, 0.25) is 0 Å². The van der Waals surface area contributed by atoms with Crippen molar-refractivity contribution in [3.05, 3.63) is 52.4 Å². The van der Waals surface area contributed by atoms with Gasteiger partial charge < -0.3 is 0 Å². The van der Waals surface area contributed by atoms with Gasteiger partial charge in [0.2, 0.25) is 0 Å². The van der Waals surface area contributed by atoms with Crippen LogP contribution in [-0.2, 0) is 6.18 Å². The van der Waals surface area contributed by atoms with Gasteiger partial charge in [-0.3, -0.25) is 9.89 Å². The van der Waals surface area contributed by atoms with E-state index in [4.69, 9.17) is 0 Å². The number of aromatic nitrogens is 2. The Morgan fingerprint density at radius 3 is 2.38 bits per heavy atom. The van der Waals surface area contributed by atoms with Gasteiger partial charge in [0.25, 0.3) is 5.56 Å². The van der Waals surface area contributed by atoms with Crippen molar-refractivity contribution in [2.45, 2.75) is 6.18 Å². The van der Waals surface area contributed by atoms with Crippen molar-refractivity contribution >= 4 is 0 Å². The van der Waals surface area contributed by atoms with Gasteiger partial charge in [0.1, 0.15) is 0 Å². The fraction of sp³-hybridized carbons (Fsp3) is 0.100. The van der Waals surface area contributed by atoms with E-state index < -0.39 is 17.3 Å². The summed E-state index contributed by atoms with van der Waals surface area (Å²) in [6.45, 7) is 0. The first-order chi connectivity index (χ1) is 7.50. The summed E-state index contributed by atoms with van der Waals surface area (Å²) in [7, 11) is 0. The van der Waals surface area contributed by atoms with Gasteiger partial charge in [-0.25, -0.2) is 4.68 Å². The summed E-state index contributed by atoms with van der Waals surface area (Å²) in [5.74, 6) is 0. The van der Waals surface area contributed by atoms with E-state index in [9.17, 15) is 18.0 Å². The van der Waals surface area contributed by atoms with Gasteiger partial charge in [-0.1, -0.05) is 12.1 Å². The average Bonchev–Trinajstić information content (AvgIpc) is 2.63. The Hall–Kier alpha value is -1.98. The molecule has 0 aliphatic rings. The summed E-state index contributed by atoms with van der Waals surface area (Å²) >= 11 is 0. The molecule has 0 saturated carbocycles. The van der Waals surface area contributed by atoms with Crippen molar-refractivity contribution in [1.29, 1.82) is 0 Å². The van der Waals surface area contributed by atoms with Crippen molar-refractivity contribution in [3.8, 4) is 5.69 Å². The molecule has 16 heavy (non-hydrogen) atoms. The molecule has 1 heterocycles. The number of H-pyrrole nitrogens is 1. The van der Waals surface area contributed by atoms with Gasteiger partial charge in [0, 0.05) is 12.3 Å². The number of nitrogens with zero attached hydrogens (tertiary/aromatic N) is 1. The zero-order chi connectivity index (χ0) is 11.8. The Balaban J connectivity index is 2.67. The molecule has 0 fully saturated rings. The Kier molecular flexibility index (Phi) is 2.34. The number of rotatable bonds is 1. The Morgan fingerprint density at radius 1 is 1.12 bits per heavy atom. The highest BCUT2D eigenvalue weighted by Gasteiger charge is 2.33. The van der Waals surface area contributed by atoms with Crippen LogP contribution in [0.25, 0.3) is 5.69 Å². The second-order valence-corrected chi connectivity index (χ2v) is 3.15. The topological polar surface area (TPSA) is 37.8 Å². The monoisotopic (exact) mass is 228 g/mol. The molecule has 2 aromatic rings. The van der Waals surface area contributed by atoms with Crippen LogP contribution in [-0.4, -0.2) is 9.78 Å². The second kappa shape index (κ2) is 3.55. The van der Waals surface area contributed by atoms with Crippen molar-refractivity contribution in [2.75, 3.05) is 0 Å². The zero-order valence-corrected chi connectivity index (χ0v) is 7.95. The molecule has 0 aliphatic carbocycles. The summed E-state index contributed by atoms with van der Waals surface area (Å²) in [6.07, 6.45) is -3.20. The number of nitrogens with one attached hydrogen (secondary N) is 1. The Labute approximate surface area is 88.1 Å². The summed E-state index contributed by atoms with van der Waals surface area (Å²) in [6, 6.07) is 6.05. The van der Waals surface area contributed by atoms with Gasteiger partial charge in [-0.05, 0) is 12.1 Å². The maximum Gasteiger partial charge on any atom is 0.418 e. The van der Waals surface area contributed by atoms with Crippen LogP contribution in [0.4, 0.5) is 13.2 Å². The standard InChI is InChI=1S/C10H7F3N2O/c11-10(12,13)7-3-1-2-4-8(7)15-9(16)5-6-14-15/h1-6,14H. The number of benzene rings is 1. The summed E-state index contributed by atoms with van der Waals surface area (Å²) < 4.78 is 38.8. The van der Waals surface area contributed by atoms with Crippen LogP contribution >= 0.6 is 0 Å². The first-order valence-electron chi connectivity index (χ1n) is 4.43. The van der Waals surface area contributed by atoms with E-state index in [1.54, 1.807) is 0 Å². The van der Waals surface area contributed by atoms with Crippen molar-refractivity contribution in [3.63, 3.8) is 0 Å². The number of aromatic amines is 1. The van der Waals surface area contributed by atoms with E-state index in [1.807, 2.05) is 0 Å². The lowest BCUT2D eigenvalue weighted by atomic mass is 10.2. The molecule has 1 N–H and O–H groups in total. The van der Waals surface area contributed by atoms with E-state index >= 15 is 0 Å². The number of halogens is 3. The Morgan fingerprint density at radius 2 is 1.81 bits per heavy atom. The highest BCUT2D eigenvalue weighted by Crippen LogP contribution is 2.32. The van der Waals surface area contributed by atoms with Gasteiger partial charge >= 0.3 is 6.18 Å². The van der Waals surface area contributed by atoms with Crippen LogP contribution in [0.5, 0.6) is 0 Å². The maximum absolute atomic E-state index is 12.6. The molecule has 0 unspecified atom stereocenters. The van der Waals surface area contributed by atoms with Crippen molar-refractivity contribution < 1.29 is 13.2 Å². The Bertz CT molecular complexity index is 553. The summed E-state index contributed by atoms with van der Waals surface area (Å²) in [4.78, 5) is 11.3. The lowest BCUT2D eigenvalue weighted by Gasteiger charge is -2.12. The van der Waals surface area contributed by atoms with Gasteiger partial charge in [0.05, 0.1) is 11.3 Å². The average molecular weight is 228 g/mol. The van der Waals surface area contributed by atoms with E-state index in [1.165, 1.54) is 24.4 Å². The molecule has 6 heteroatoms. The van der Waals surface area contributed by atoms with Crippen molar-refractivity contribution in [2.24, 2.45) is 0 Å². The maximum atomic E-state index is 12.6. The largest absolute Gasteiger partial charge is 0.418 e. The van der Waals surface area contributed by atoms with Gasteiger partial charge in [0.15, 0.2) is 0 Å². The third-order valence-electron chi connectivity index (χ3n) is 2.10. The minimum atomic E-state index is -4.48. The van der Waals surface area contributed by atoms with Crippen LogP contribution in [0, 0.1) is 0 Å². The molecular weight excluding hydrogens is 221 g/mol. The second-order valence-electron chi connectivity index (χ2n) is 3.15. The molecule has 1 aromatic carbocycles. The van der Waals surface area contributed by atoms with Crippen LogP contribution in [0.1, 0.15) is 5.56 Å². The molecule has 84 valence electrons. The highest BCUT2D eigenvalue weighted by molar-refractivity contribution is 5.41. The lowest BCUT2D eigenvalue weighted by Crippen LogP contribution is -2.18. The molecule has 0 saturated heterocycles. The molecule has 0 aliphatic heterocycles. The SMILES string of the molecule is O=c1cc[nH]n1-c1ccccc1C(F)(F)F. The molecule has 0 amide bonds. The number of hydrogen-bond acceptors (Lipinski definition) is 1. The van der Waals surface area contributed by atoms with Crippen molar-refractivity contribution in [1.82, 2.24) is 9.78 Å². The molecule has 1 aromatic heterocycles. The molecule has 2 rings (SSSR count). The first-order valence-corrected chi connectivity index (χ1v) is 4.43. The van der Waals surface area contributed by atoms with E-state index in [0.717, 1.165) is 16.8 Å². The lowest BCUT2D eigenvalue weighted by molar-refractivity contribution is -0.137. The number of hydrogen-bond donors (Lipinski definition) is 1.